The van der Waals surface area contributed by atoms with Crippen LogP contribution in [0, 0.1) is 17.8 Å². The zero-order valence-corrected chi connectivity index (χ0v) is 6.52. The third-order valence-electron chi connectivity index (χ3n) is 1.61. The van der Waals surface area contributed by atoms with Gasteiger partial charge in [-0.15, -0.1) is 5.92 Å². The first kappa shape index (κ1) is 7.15. The van der Waals surface area contributed by atoms with Gasteiger partial charge in [-0.2, -0.15) is 0 Å². The molecule has 1 aliphatic carbocycles. The van der Waals surface area contributed by atoms with Gasteiger partial charge < -0.3 is 0 Å². The van der Waals surface area contributed by atoms with E-state index in [-0.39, 0.29) is 0 Å². The molecule has 0 nitrogen and oxygen atoms in total. The Balaban J connectivity index is 2.58. The molecule has 0 radical (unpaired) electrons. The van der Waals surface area contributed by atoms with Gasteiger partial charge in [-0.05, 0) is 20.3 Å². The number of rotatable bonds is 0. The van der Waals surface area contributed by atoms with Crippen LogP contribution < -0.4 is 0 Å². The summed E-state index contributed by atoms with van der Waals surface area (Å²) in [6.45, 7) is 4.01. The van der Waals surface area contributed by atoms with E-state index in [9.17, 15) is 0 Å². The minimum atomic E-state index is 0.466. The third-order valence-corrected chi connectivity index (χ3v) is 1.61. The van der Waals surface area contributed by atoms with E-state index < -0.39 is 0 Å². The molecule has 0 saturated carbocycles. The van der Waals surface area contributed by atoms with Crippen molar-refractivity contribution in [3.05, 3.63) is 23.8 Å². The average Bonchev–Trinajstić information content (AvgIpc) is 1.95. The summed E-state index contributed by atoms with van der Waals surface area (Å²) < 4.78 is 0. The molecular weight excluding hydrogens is 120 g/mol. The first-order valence-electron chi connectivity index (χ1n) is 3.60. The Morgan fingerprint density at radius 3 is 2.90 bits per heavy atom. The SMILES string of the molecule is CC#CC1C=CC(C)=CC1. The van der Waals surface area contributed by atoms with Crippen molar-refractivity contribution < 1.29 is 0 Å². The van der Waals surface area contributed by atoms with Crippen LogP contribution in [0.1, 0.15) is 20.3 Å². The first-order valence-corrected chi connectivity index (χ1v) is 3.60. The summed E-state index contributed by atoms with van der Waals surface area (Å²) in [5.41, 5.74) is 1.36. The third kappa shape index (κ3) is 1.77. The second-order valence-corrected chi connectivity index (χ2v) is 2.54. The van der Waals surface area contributed by atoms with Crippen LogP contribution in [0.3, 0.4) is 0 Å². The fraction of sp³-hybridized carbons (Fsp3) is 0.400. The van der Waals surface area contributed by atoms with Crippen LogP contribution in [-0.2, 0) is 0 Å². The standard InChI is InChI=1S/C10H12/c1-3-4-10-7-5-9(2)6-8-10/h5-7,10H,8H2,1-2H3. The highest BCUT2D eigenvalue weighted by molar-refractivity contribution is 5.25. The van der Waals surface area contributed by atoms with Crippen molar-refractivity contribution in [1.29, 1.82) is 0 Å². The number of hydrogen-bond donors (Lipinski definition) is 0. The van der Waals surface area contributed by atoms with Gasteiger partial charge in [0.05, 0.1) is 0 Å². The molecule has 0 N–H and O–H groups in total. The molecular formula is C10H12. The van der Waals surface area contributed by atoms with E-state index in [1.54, 1.807) is 0 Å². The largest absolute Gasteiger partial charge is 0.106 e. The van der Waals surface area contributed by atoms with E-state index in [0.717, 1.165) is 6.42 Å². The molecule has 0 aromatic heterocycles. The average molecular weight is 132 g/mol. The highest BCUT2D eigenvalue weighted by atomic mass is 14.0. The lowest BCUT2D eigenvalue weighted by molar-refractivity contribution is 0.842. The molecule has 0 fully saturated rings. The summed E-state index contributed by atoms with van der Waals surface area (Å²) in [6, 6.07) is 0. The molecule has 0 saturated heterocycles. The topological polar surface area (TPSA) is 0 Å². The van der Waals surface area contributed by atoms with Gasteiger partial charge in [0.2, 0.25) is 0 Å². The van der Waals surface area contributed by atoms with E-state index in [0.29, 0.717) is 5.92 Å². The highest BCUT2D eigenvalue weighted by Crippen LogP contribution is 2.14. The minimum absolute atomic E-state index is 0.466. The van der Waals surface area contributed by atoms with Gasteiger partial charge in [-0.25, -0.2) is 0 Å². The van der Waals surface area contributed by atoms with Gasteiger partial charge in [0.15, 0.2) is 0 Å². The minimum Gasteiger partial charge on any atom is -0.106 e. The fourth-order valence-electron chi connectivity index (χ4n) is 1.02. The Morgan fingerprint density at radius 1 is 1.60 bits per heavy atom. The fourth-order valence-corrected chi connectivity index (χ4v) is 1.02. The lowest BCUT2D eigenvalue weighted by Gasteiger charge is -2.06. The summed E-state index contributed by atoms with van der Waals surface area (Å²) >= 11 is 0. The van der Waals surface area contributed by atoms with Crippen molar-refractivity contribution in [3.8, 4) is 11.8 Å². The predicted octanol–water partition coefficient (Wildman–Crippen LogP) is 2.53. The lowest BCUT2D eigenvalue weighted by atomic mass is 9.98. The van der Waals surface area contributed by atoms with Crippen LogP contribution in [0.4, 0.5) is 0 Å². The maximum absolute atomic E-state index is 3.12. The monoisotopic (exact) mass is 132 g/mol. The number of hydrogen-bond acceptors (Lipinski definition) is 0. The van der Waals surface area contributed by atoms with E-state index in [4.69, 9.17) is 0 Å². The molecule has 52 valence electrons. The van der Waals surface area contributed by atoms with Crippen molar-refractivity contribution in [2.24, 2.45) is 5.92 Å². The highest BCUT2D eigenvalue weighted by Gasteiger charge is 2.01. The molecule has 1 aliphatic rings. The Bertz CT molecular complexity index is 220. The molecule has 1 unspecified atom stereocenters. The van der Waals surface area contributed by atoms with Crippen LogP contribution in [0.2, 0.25) is 0 Å². The maximum atomic E-state index is 3.12. The van der Waals surface area contributed by atoms with Gasteiger partial charge in [0, 0.05) is 5.92 Å². The molecule has 0 aromatic rings. The molecule has 0 aliphatic heterocycles. The Morgan fingerprint density at radius 2 is 2.40 bits per heavy atom. The Labute approximate surface area is 62.6 Å². The molecule has 0 spiro atoms. The van der Waals surface area contributed by atoms with E-state index >= 15 is 0 Å². The van der Waals surface area contributed by atoms with Crippen molar-refractivity contribution in [2.45, 2.75) is 20.3 Å². The van der Waals surface area contributed by atoms with E-state index in [2.05, 4.69) is 37.0 Å². The lowest BCUT2D eigenvalue weighted by Crippen LogP contribution is -1.94. The maximum Gasteiger partial charge on any atom is 0.0420 e. The van der Waals surface area contributed by atoms with Crippen molar-refractivity contribution in [3.63, 3.8) is 0 Å². The molecule has 10 heavy (non-hydrogen) atoms. The molecule has 1 atom stereocenters. The number of allylic oxidation sites excluding steroid dienone is 4. The zero-order chi connectivity index (χ0) is 7.40. The van der Waals surface area contributed by atoms with Gasteiger partial charge in [-0.1, -0.05) is 29.7 Å². The van der Waals surface area contributed by atoms with E-state index in [1.807, 2.05) is 6.92 Å². The van der Waals surface area contributed by atoms with Crippen LogP contribution in [0.25, 0.3) is 0 Å². The summed E-state index contributed by atoms with van der Waals surface area (Å²) in [7, 11) is 0. The predicted molar refractivity (Wildman–Crippen MR) is 44.5 cm³/mol. The molecule has 0 bridgehead atoms. The molecule has 0 heterocycles. The zero-order valence-electron chi connectivity index (χ0n) is 6.52. The van der Waals surface area contributed by atoms with Gasteiger partial charge in [-0.3, -0.25) is 0 Å². The van der Waals surface area contributed by atoms with Crippen LogP contribution in [0.15, 0.2) is 23.8 Å². The van der Waals surface area contributed by atoms with Crippen LogP contribution in [0.5, 0.6) is 0 Å². The summed E-state index contributed by atoms with van der Waals surface area (Å²) in [6.07, 6.45) is 7.63. The van der Waals surface area contributed by atoms with Gasteiger partial charge in [0.1, 0.15) is 0 Å². The first-order chi connectivity index (χ1) is 4.83. The Hall–Kier alpha value is -0.960. The van der Waals surface area contributed by atoms with Crippen molar-refractivity contribution in [2.75, 3.05) is 0 Å². The molecule has 1 rings (SSSR count). The van der Waals surface area contributed by atoms with E-state index in [1.165, 1.54) is 5.57 Å². The second-order valence-electron chi connectivity index (χ2n) is 2.54. The summed E-state index contributed by atoms with van der Waals surface area (Å²) in [4.78, 5) is 0. The van der Waals surface area contributed by atoms with Crippen LogP contribution in [-0.4, -0.2) is 0 Å². The molecule has 0 heteroatoms. The molecule has 0 aromatic carbocycles. The summed E-state index contributed by atoms with van der Waals surface area (Å²) in [5, 5.41) is 0. The van der Waals surface area contributed by atoms with Crippen molar-refractivity contribution >= 4 is 0 Å². The smallest absolute Gasteiger partial charge is 0.0420 e. The normalized spacial score (nSPS) is 23.0. The van der Waals surface area contributed by atoms with Gasteiger partial charge >= 0.3 is 0 Å². The quantitative estimate of drug-likeness (QED) is 0.444. The van der Waals surface area contributed by atoms with Gasteiger partial charge in [0.25, 0.3) is 0 Å². The molecule has 0 amide bonds. The Kier molecular flexibility index (Phi) is 2.34. The van der Waals surface area contributed by atoms with Crippen molar-refractivity contribution in [1.82, 2.24) is 0 Å². The summed E-state index contributed by atoms with van der Waals surface area (Å²) in [5.74, 6) is 6.51. The van der Waals surface area contributed by atoms with Crippen LogP contribution >= 0.6 is 0 Å². The second kappa shape index (κ2) is 3.27.